The molecule has 0 bridgehead atoms. The summed E-state index contributed by atoms with van der Waals surface area (Å²) < 4.78 is 1.72. The lowest BCUT2D eigenvalue weighted by Gasteiger charge is -2.24. The first-order valence-electron chi connectivity index (χ1n) is 6.13. The number of hydrogen-bond acceptors (Lipinski definition) is 5. The molecule has 3 N–H and O–H groups in total. The SMILES string of the molecule is C=CCn1c(N)nnc1SCC(=O)NC(C)(C)CC. The zero-order chi connectivity index (χ0) is 14.5. The van der Waals surface area contributed by atoms with E-state index in [1.54, 1.807) is 10.6 Å². The van der Waals surface area contributed by atoms with Crippen molar-refractivity contribution in [3.05, 3.63) is 12.7 Å². The monoisotopic (exact) mass is 283 g/mol. The fourth-order valence-corrected chi connectivity index (χ4v) is 2.09. The minimum absolute atomic E-state index is 0.0245. The Morgan fingerprint density at radius 3 is 2.84 bits per heavy atom. The molecule has 0 atom stereocenters. The number of aromatic nitrogens is 3. The standard InChI is InChI=1S/C12H21N5OS/c1-5-7-17-10(13)15-16-11(17)19-8-9(18)14-12(3,4)6-2/h5H,1,6-8H2,2-4H3,(H2,13,15)(H,14,18). The maximum Gasteiger partial charge on any atom is 0.230 e. The molecule has 1 amide bonds. The van der Waals surface area contributed by atoms with Gasteiger partial charge in [-0.25, -0.2) is 0 Å². The Bertz CT molecular complexity index is 455. The summed E-state index contributed by atoms with van der Waals surface area (Å²) in [6.07, 6.45) is 2.59. The van der Waals surface area contributed by atoms with E-state index in [0.717, 1.165) is 6.42 Å². The number of hydrogen-bond donors (Lipinski definition) is 2. The summed E-state index contributed by atoms with van der Waals surface area (Å²) in [6, 6.07) is 0. The number of carbonyl (C=O) groups is 1. The van der Waals surface area contributed by atoms with Crippen molar-refractivity contribution >= 4 is 23.6 Å². The van der Waals surface area contributed by atoms with Crippen LogP contribution in [-0.2, 0) is 11.3 Å². The number of allylic oxidation sites excluding steroid dienone is 1. The van der Waals surface area contributed by atoms with Crippen LogP contribution in [0.5, 0.6) is 0 Å². The Kier molecular flexibility index (Phi) is 5.41. The summed E-state index contributed by atoms with van der Waals surface area (Å²) in [5.74, 6) is 0.596. The van der Waals surface area contributed by atoms with Crippen LogP contribution in [0.2, 0.25) is 0 Å². The van der Waals surface area contributed by atoms with Crippen molar-refractivity contribution in [2.24, 2.45) is 0 Å². The van der Waals surface area contributed by atoms with Crippen LogP contribution in [0, 0.1) is 0 Å². The number of carbonyl (C=O) groups excluding carboxylic acids is 1. The molecule has 0 aliphatic heterocycles. The van der Waals surface area contributed by atoms with Gasteiger partial charge in [-0.2, -0.15) is 0 Å². The zero-order valence-corrected chi connectivity index (χ0v) is 12.5. The van der Waals surface area contributed by atoms with Gasteiger partial charge in [-0.3, -0.25) is 9.36 Å². The largest absolute Gasteiger partial charge is 0.368 e. The van der Waals surface area contributed by atoms with Crippen molar-refractivity contribution in [3.63, 3.8) is 0 Å². The minimum atomic E-state index is -0.189. The van der Waals surface area contributed by atoms with E-state index >= 15 is 0 Å². The van der Waals surface area contributed by atoms with E-state index in [0.29, 0.717) is 23.4 Å². The summed E-state index contributed by atoms with van der Waals surface area (Å²) in [5, 5.41) is 11.3. The van der Waals surface area contributed by atoms with Gasteiger partial charge in [0.25, 0.3) is 0 Å². The molecular formula is C12H21N5OS. The van der Waals surface area contributed by atoms with Gasteiger partial charge < -0.3 is 11.1 Å². The highest BCUT2D eigenvalue weighted by Gasteiger charge is 2.18. The fourth-order valence-electron chi connectivity index (χ4n) is 1.34. The number of nitrogens with zero attached hydrogens (tertiary/aromatic N) is 3. The smallest absolute Gasteiger partial charge is 0.230 e. The van der Waals surface area contributed by atoms with Crippen molar-refractivity contribution in [1.29, 1.82) is 0 Å². The summed E-state index contributed by atoms with van der Waals surface area (Å²) in [6.45, 7) is 10.2. The Balaban J connectivity index is 2.57. The quantitative estimate of drug-likeness (QED) is 0.584. The average Bonchev–Trinajstić information content (AvgIpc) is 2.69. The number of thioether (sulfide) groups is 1. The number of nitrogen functional groups attached to an aromatic ring is 1. The predicted octanol–water partition coefficient (Wildman–Crippen LogP) is 1.44. The third-order valence-electron chi connectivity index (χ3n) is 2.75. The van der Waals surface area contributed by atoms with Crippen LogP contribution in [-0.4, -0.2) is 32.0 Å². The van der Waals surface area contributed by atoms with Crippen LogP contribution < -0.4 is 11.1 Å². The number of nitrogens with two attached hydrogens (primary N) is 1. The van der Waals surface area contributed by atoms with Crippen LogP contribution in [0.25, 0.3) is 0 Å². The molecule has 0 aliphatic carbocycles. The van der Waals surface area contributed by atoms with Gasteiger partial charge in [0.05, 0.1) is 5.75 Å². The van der Waals surface area contributed by atoms with E-state index in [9.17, 15) is 4.79 Å². The second kappa shape index (κ2) is 6.60. The van der Waals surface area contributed by atoms with Crippen molar-refractivity contribution in [3.8, 4) is 0 Å². The highest BCUT2D eigenvalue weighted by atomic mass is 32.2. The van der Waals surface area contributed by atoms with E-state index in [1.807, 2.05) is 20.8 Å². The van der Waals surface area contributed by atoms with Crippen LogP contribution >= 0.6 is 11.8 Å². The van der Waals surface area contributed by atoms with Gasteiger partial charge in [0, 0.05) is 12.1 Å². The molecule has 0 fully saturated rings. The first-order chi connectivity index (χ1) is 8.89. The van der Waals surface area contributed by atoms with Gasteiger partial charge in [0.1, 0.15) is 0 Å². The highest BCUT2D eigenvalue weighted by Crippen LogP contribution is 2.18. The Labute approximate surface area is 117 Å². The molecule has 0 spiro atoms. The van der Waals surface area contributed by atoms with Gasteiger partial charge in [-0.1, -0.05) is 24.8 Å². The molecule has 1 aromatic heterocycles. The summed E-state index contributed by atoms with van der Waals surface area (Å²) in [7, 11) is 0. The lowest BCUT2D eigenvalue weighted by atomic mass is 10.0. The molecule has 7 heteroatoms. The van der Waals surface area contributed by atoms with Gasteiger partial charge in [-0.15, -0.1) is 16.8 Å². The van der Waals surface area contributed by atoms with E-state index in [2.05, 4.69) is 22.1 Å². The average molecular weight is 283 g/mol. The predicted molar refractivity (Wildman–Crippen MR) is 77.9 cm³/mol. The lowest BCUT2D eigenvalue weighted by Crippen LogP contribution is -2.43. The number of amides is 1. The van der Waals surface area contributed by atoms with Crippen molar-refractivity contribution in [1.82, 2.24) is 20.1 Å². The Morgan fingerprint density at radius 2 is 2.26 bits per heavy atom. The zero-order valence-electron chi connectivity index (χ0n) is 11.6. The molecule has 0 saturated heterocycles. The molecule has 0 aliphatic rings. The van der Waals surface area contributed by atoms with E-state index in [1.165, 1.54) is 11.8 Å². The normalized spacial score (nSPS) is 11.3. The molecule has 6 nitrogen and oxygen atoms in total. The van der Waals surface area contributed by atoms with Crippen LogP contribution in [0.1, 0.15) is 27.2 Å². The van der Waals surface area contributed by atoms with E-state index in [-0.39, 0.29) is 11.4 Å². The Morgan fingerprint density at radius 1 is 1.58 bits per heavy atom. The number of nitrogens with one attached hydrogen (secondary N) is 1. The second-order valence-corrected chi connectivity index (χ2v) is 5.76. The lowest BCUT2D eigenvalue weighted by molar-refractivity contribution is -0.120. The molecule has 0 saturated carbocycles. The maximum atomic E-state index is 11.8. The molecule has 0 unspecified atom stereocenters. The van der Waals surface area contributed by atoms with Crippen molar-refractivity contribution < 1.29 is 4.79 Å². The van der Waals surface area contributed by atoms with Crippen LogP contribution in [0.3, 0.4) is 0 Å². The molecule has 1 heterocycles. The third-order valence-corrected chi connectivity index (χ3v) is 3.72. The van der Waals surface area contributed by atoms with Gasteiger partial charge in [-0.05, 0) is 20.3 Å². The van der Waals surface area contributed by atoms with Crippen molar-refractivity contribution in [2.45, 2.75) is 44.4 Å². The van der Waals surface area contributed by atoms with Crippen molar-refractivity contribution in [2.75, 3.05) is 11.5 Å². The molecule has 1 aromatic rings. The molecule has 106 valence electrons. The Hall–Kier alpha value is -1.50. The van der Waals surface area contributed by atoms with Gasteiger partial charge >= 0.3 is 0 Å². The second-order valence-electron chi connectivity index (χ2n) is 4.81. The first kappa shape index (κ1) is 15.6. The highest BCUT2D eigenvalue weighted by molar-refractivity contribution is 7.99. The fraction of sp³-hybridized carbons (Fsp3) is 0.583. The molecule has 1 rings (SSSR count). The van der Waals surface area contributed by atoms with Gasteiger partial charge in [0.15, 0.2) is 5.16 Å². The maximum absolute atomic E-state index is 11.8. The topological polar surface area (TPSA) is 85.8 Å². The van der Waals surface area contributed by atoms with Crippen LogP contribution in [0.15, 0.2) is 17.8 Å². The van der Waals surface area contributed by atoms with Crippen LogP contribution in [0.4, 0.5) is 5.95 Å². The number of rotatable bonds is 7. The molecule has 0 radical (unpaired) electrons. The summed E-state index contributed by atoms with van der Waals surface area (Å²) >= 11 is 1.32. The summed E-state index contributed by atoms with van der Waals surface area (Å²) in [4.78, 5) is 11.8. The van der Waals surface area contributed by atoms with E-state index < -0.39 is 0 Å². The first-order valence-corrected chi connectivity index (χ1v) is 7.11. The van der Waals surface area contributed by atoms with Gasteiger partial charge in [0.2, 0.25) is 11.9 Å². The number of anilines is 1. The summed E-state index contributed by atoms with van der Waals surface area (Å²) in [5.41, 5.74) is 5.50. The molecular weight excluding hydrogens is 262 g/mol. The third kappa shape index (κ3) is 4.59. The molecule has 0 aromatic carbocycles. The minimum Gasteiger partial charge on any atom is -0.368 e. The van der Waals surface area contributed by atoms with E-state index in [4.69, 9.17) is 5.73 Å². The molecule has 19 heavy (non-hydrogen) atoms.